The van der Waals surface area contributed by atoms with Gasteiger partial charge in [-0.2, -0.15) is 0 Å². The van der Waals surface area contributed by atoms with E-state index in [9.17, 15) is 24.0 Å². The van der Waals surface area contributed by atoms with E-state index >= 15 is 0 Å². The first-order valence-electron chi connectivity index (χ1n) is 14.7. The maximum atomic E-state index is 14.3. The maximum absolute atomic E-state index is 14.3. The second kappa shape index (κ2) is 13.8. The van der Waals surface area contributed by atoms with Gasteiger partial charge in [0.2, 0.25) is 0 Å². The van der Waals surface area contributed by atoms with E-state index in [4.69, 9.17) is 23.7 Å². The van der Waals surface area contributed by atoms with Crippen LogP contribution in [0.25, 0.3) is 11.6 Å². The first kappa shape index (κ1) is 35.9. The molecular formula is C35H33NO10S3. The van der Waals surface area contributed by atoms with Gasteiger partial charge in [-0.25, -0.2) is 19.2 Å². The van der Waals surface area contributed by atoms with E-state index < -0.39 is 33.5 Å². The van der Waals surface area contributed by atoms with E-state index in [0.29, 0.717) is 27.5 Å². The average molecular weight is 724 g/mol. The molecule has 256 valence electrons. The Balaban J connectivity index is 1.83. The zero-order valence-corrected chi connectivity index (χ0v) is 30.4. The molecule has 14 heteroatoms. The molecule has 3 heterocycles. The van der Waals surface area contributed by atoms with E-state index in [1.54, 1.807) is 43.0 Å². The summed E-state index contributed by atoms with van der Waals surface area (Å²) >= 11 is 2.69. The van der Waals surface area contributed by atoms with Gasteiger partial charge < -0.3 is 23.7 Å². The highest BCUT2D eigenvalue weighted by atomic mass is 32.2. The molecule has 0 aromatic heterocycles. The summed E-state index contributed by atoms with van der Waals surface area (Å²) in [6, 6.07) is 12.8. The number of esters is 4. The summed E-state index contributed by atoms with van der Waals surface area (Å²) in [6.07, 6.45) is 3.18. The summed E-state index contributed by atoms with van der Waals surface area (Å²) in [5, 5.41) is 0. The van der Waals surface area contributed by atoms with Crippen LogP contribution in [0.2, 0.25) is 0 Å². The van der Waals surface area contributed by atoms with Crippen molar-refractivity contribution in [1.29, 1.82) is 0 Å². The molecule has 0 N–H and O–H groups in total. The van der Waals surface area contributed by atoms with Gasteiger partial charge in [-0.15, -0.1) is 0 Å². The molecule has 0 atom stereocenters. The highest BCUT2D eigenvalue weighted by Gasteiger charge is 2.61. The molecule has 3 aliphatic heterocycles. The van der Waals surface area contributed by atoms with Crippen LogP contribution in [-0.2, 0) is 42.9 Å². The lowest BCUT2D eigenvalue weighted by Gasteiger charge is -2.50. The summed E-state index contributed by atoms with van der Waals surface area (Å²) in [5.74, 6) is -3.35. The van der Waals surface area contributed by atoms with Gasteiger partial charge in [-0.05, 0) is 44.5 Å². The van der Waals surface area contributed by atoms with Crippen molar-refractivity contribution in [2.45, 2.75) is 30.4 Å². The van der Waals surface area contributed by atoms with Crippen molar-refractivity contribution in [2.75, 3.05) is 40.4 Å². The molecule has 0 saturated carbocycles. The van der Waals surface area contributed by atoms with Crippen LogP contribution in [0.1, 0.15) is 30.5 Å². The molecular weight excluding hydrogens is 691 g/mol. The number of thioether (sulfide) groups is 3. The lowest BCUT2D eigenvalue weighted by Crippen LogP contribution is -2.53. The molecule has 0 fully saturated rings. The summed E-state index contributed by atoms with van der Waals surface area (Å²) in [7, 11) is 6.17. The summed E-state index contributed by atoms with van der Waals surface area (Å²) in [4.78, 5) is 69.8. The molecule has 2 aromatic carbocycles. The smallest absolute Gasteiger partial charge is 0.345 e. The topological polar surface area (TPSA) is 135 Å². The van der Waals surface area contributed by atoms with E-state index in [2.05, 4.69) is 0 Å². The van der Waals surface area contributed by atoms with Gasteiger partial charge in [-0.3, -0.25) is 9.69 Å². The van der Waals surface area contributed by atoms with Gasteiger partial charge in [-0.1, -0.05) is 65.1 Å². The number of ether oxygens (including phenoxy) is 5. The number of rotatable bonds is 7. The summed E-state index contributed by atoms with van der Waals surface area (Å²) < 4.78 is 24.4. The van der Waals surface area contributed by atoms with Crippen molar-refractivity contribution in [1.82, 2.24) is 0 Å². The lowest BCUT2D eigenvalue weighted by atomic mass is 9.83. The van der Waals surface area contributed by atoms with Gasteiger partial charge in [0.05, 0.1) is 52.3 Å². The van der Waals surface area contributed by atoms with E-state index in [1.807, 2.05) is 31.2 Å². The summed E-state index contributed by atoms with van der Waals surface area (Å²) in [5.41, 5.74) is 1.93. The van der Waals surface area contributed by atoms with Crippen molar-refractivity contribution in [3.8, 4) is 5.75 Å². The van der Waals surface area contributed by atoms with Crippen LogP contribution >= 0.6 is 35.3 Å². The van der Waals surface area contributed by atoms with Gasteiger partial charge in [0.25, 0.3) is 5.91 Å². The monoisotopic (exact) mass is 723 g/mol. The Morgan fingerprint density at radius 3 is 1.82 bits per heavy atom. The van der Waals surface area contributed by atoms with Crippen molar-refractivity contribution in [2.24, 2.45) is 0 Å². The highest BCUT2D eigenvalue weighted by molar-refractivity contribution is 8.26. The van der Waals surface area contributed by atoms with Crippen LogP contribution in [0, 0.1) is 6.92 Å². The number of carbonyl (C=O) groups is 5. The van der Waals surface area contributed by atoms with Crippen molar-refractivity contribution >= 4 is 82.4 Å². The van der Waals surface area contributed by atoms with E-state index in [1.165, 1.54) is 20.3 Å². The van der Waals surface area contributed by atoms with Crippen LogP contribution in [0.15, 0.2) is 73.7 Å². The molecule has 49 heavy (non-hydrogen) atoms. The minimum absolute atomic E-state index is 0.129. The molecule has 0 bridgehead atoms. The molecule has 5 rings (SSSR count). The van der Waals surface area contributed by atoms with Gasteiger partial charge in [0, 0.05) is 28.2 Å². The van der Waals surface area contributed by atoms with Crippen LogP contribution in [0.4, 0.5) is 5.69 Å². The molecule has 0 saturated heterocycles. The highest BCUT2D eigenvalue weighted by Crippen LogP contribution is 2.71. The molecule has 3 aliphatic rings. The SMILES string of the molecule is COC(=O)C1=C(C(=O)OC)SC2(S1)C(C(=O)OC)=C(C(=O)OC)SC1=C2c2ccc(OC)cc2N(C(=O)C=Cc2ccc(C)cc2)C1(C)C. The number of amides is 1. The number of fused-ring (bicyclic) bond motifs is 3. The fourth-order valence-electron chi connectivity index (χ4n) is 5.73. The molecule has 0 unspecified atom stereocenters. The Kier molecular flexibility index (Phi) is 10.1. The lowest BCUT2D eigenvalue weighted by molar-refractivity contribution is -0.138. The van der Waals surface area contributed by atoms with Crippen LogP contribution in [0.3, 0.4) is 0 Å². The number of carbonyl (C=O) groups excluding carboxylic acids is 5. The van der Waals surface area contributed by atoms with Gasteiger partial charge >= 0.3 is 23.9 Å². The Bertz CT molecular complexity index is 1880. The molecule has 2 aromatic rings. The second-order valence-electron chi connectivity index (χ2n) is 11.3. The number of methoxy groups -OCH3 is 5. The third-order valence-electron chi connectivity index (χ3n) is 8.06. The quantitative estimate of drug-likeness (QED) is 0.199. The largest absolute Gasteiger partial charge is 0.497 e. The molecule has 0 radical (unpaired) electrons. The fraction of sp³-hybridized carbons (Fsp3) is 0.286. The zero-order chi connectivity index (χ0) is 35.8. The Morgan fingerprint density at radius 2 is 1.29 bits per heavy atom. The van der Waals surface area contributed by atoms with Gasteiger partial charge in [0.15, 0.2) is 0 Å². The standard InChI is InChI=1S/C35H33NO10S3/c1-18-9-11-19(12-10-18)13-16-23(37)36-22-17-20(42-4)14-15-21(22)24-29(34(36,2)3)47-26(31(39)44-6)25(30(38)43-5)35(24)48-27(32(40)45-7)28(49-35)33(41)46-8/h9-17H,1-8H3. The maximum Gasteiger partial charge on any atom is 0.345 e. The van der Waals surface area contributed by atoms with Crippen LogP contribution < -0.4 is 9.64 Å². The van der Waals surface area contributed by atoms with E-state index in [-0.39, 0.29) is 26.2 Å². The number of hydrogen-bond acceptors (Lipinski definition) is 13. The second-order valence-corrected chi connectivity index (χ2v) is 15.0. The Labute approximate surface area is 296 Å². The predicted molar refractivity (Wildman–Crippen MR) is 189 cm³/mol. The third-order valence-corrected chi connectivity index (χ3v) is 12.7. The van der Waals surface area contributed by atoms with Crippen LogP contribution in [0.5, 0.6) is 5.75 Å². The molecule has 1 amide bonds. The minimum Gasteiger partial charge on any atom is -0.497 e. The Hall–Kier alpha value is -4.40. The minimum atomic E-state index is -1.68. The summed E-state index contributed by atoms with van der Waals surface area (Å²) in [6.45, 7) is 5.59. The van der Waals surface area contributed by atoms with Crippen molar-refractivity contribution < 1.29 is 47.7 Å². The number of anilines is 1. The van der Waals surface area contributed by atoms with Crippen molar-refractivity contribution in [3.05, 3.63) is 90.4 Å². The predicted octanol–water partition coefficient (Wildman–Crippen LogP) is 5.63. The molecule has 1 spiro atoms. The van der Waals surface area contributed by atoms with Gasteiger partial charge in [0.1, 0.15) is 24.5 Å². The zero-order valence-electron chi connectivity index (χ0n) is 28.0. The third kappa shape index (κ3) is 6.06. The first-order valence-corrected chi connectivity index (χ1v) is 17.1. The molecule has 11 nitrogen and oxygen atoms in total. The molecule has 0 aliphatic carbocycles. The van der Waals surface area contributed by atoms with E-state index in [0.717, 1.165) is 67.7 Å². The fourth-order valence-corrected chi connectivity index (χ4v) is 10.8. The van der Waals surface area contributed by atoms with Crippen molar-refractivity contribution in [3.63, 3.8) is 0 Å². The number of benzene rings is 2. The number of nitrogens with zero attached hydrogens (tertiary/aromatic N) is 1. The first-order chi connectivity index (χ1) is 23.3. The normalized spacial score (nSPS) is 17.5. The van der Waals surface area contributed by atoms with Crippen LogP contribution in [-0.4, -0.2) is 75.0 Å². The average Bonchev–Trinajstić information content (AvgIpc) is 3.49. The Morgan fingerprint density at radius 1 is 0.735 bits per heavy atom. The number of aryl methyl sites for hydroxylation is 1. The number of hydrogen-bond donors (Lipinski definition) is 0.